The van der Waals surface area contributed by atoms with E-state index in [1.54, 1.807) is 30.5 Å². The molecule has 2 aromatic heterocycles. The lowest BCUT2D eigenvalue weighted by Crippen LogP contribution is -2.29. The molecule has 7 nitrogen and oxygen atoms in total. The number of carbonyl (C=O) groups excluding carboxylic acids is 1. The summed E-state index contributed by atoms with van der Waals surface area (Å²) in [5, 5.41) is 9.58. The molecule has 0 saturated carbocycles. The first kappa shape index (κ1) is 18.6. The first-order valence-electron chi connectivity index (χ1n) is 8.83. The number of ether oxygens (including phenoxy) is 1. The number of nitrogens with zero attached hydrogens (tertiary/aromatic N) is 1. The molecule has 7 heteroatoms. The summed E-state index contributed by atoms with van der Waals surface area (Å²) in [6.07, 6.45) is 3.25. The number of benzene rings is 1. The van der Waals surface area contributed by atoms with Gasteiger partial charge in [0.1, 0.15) is 23.9 Å². The highest BCUT2D eigenvalue weighted by Gasteiger charge is 2.08. The lowest BCUT2D eigenvalue weighted by atomic mass is 10.1. The van der Waals surface area contributed by atoms with E-state index < -0.39 is 0 Å². The lowest BCUT2D eigenvalue weighted by molar-refractivity contribution is 0.252. The molecule has 2 heterocycles. The number of aromatic nitrogens is 1. The Morgan fingerprint density at radius 2 is 2.00 bits per heavy atom. The first-order chi connectivity index (χ1) is 13.1. The molecule has 0 radical (unpaired) electrons. The van der Waals surface area contributed by atoms with E-state index in [-0.39, 0.29) is 6.03 Å². The Labute approximate surface area is 157 Å². The summed E-state index contributed by atoms with van der Waals surface area (Å²) in [5.74, 6) is 2.30. The van der Waals surface area contributed by atoms with Crippen LogP contribution in [-0.2, 0) is 13.0 Å². The minimum Gasteiger partial charge on any atom is -0.486 e. The molecule has 0 bridgehead atoms. The van der Waals surface area contributed by atoms with Crippen LogP contribution in [0.25, 0.3) is 0 Å². The van der Waals surface area contributed by atoms with Crippen molar-refractivity contribution in [1.29, 1.82) is 0 Å². The zero-order chi connectivity index (χ0) is 19.1. The van der Waals surface area contributed by atoms with Crippen LogP contribution in [-0.4, -0.2) is 17.7 Å². The zero-order valence-corrected chi connectivity index (χ0v) is 15.5. The van der Waals surface area contributed by atoms with Gasteiger partial charge in [-0.1, -0.05) is 5.16 Å². The second-order valence-electron chi connectivity index (χ2n) is 6.18. The van der Waals surface area contributed by atoms with Gasteiger partial charge in [-0.2, -0.15) is 0 Å². The number of carbonyl (C=O) groups is 1. The minimum absolute atomic E-state index is 0.238. The Morgan fingerprint density at radius 3 is 2.67 bits per heavy atom. The molecular weight excluding hydrogens is 346 g/mol. The fourth-order valence-corrected chi connectivity index (χ4v) is 2.68. The molecule has 0 spiro atoms. The van der Waals surface area contributed by atoms with Gasteiger partial charge in [-0.3, -0.25) is 0 Å². The fourth-order valence-electron chi connectivity index (χ4n) is 2.68. The third-order valence-corrected chi connectivity index (χ3v) is 4.14. The summed E-state index contributed by atoms with van der Waals surface area (Å²) >= 11 is 0. The van der Waals surface area contributed by atoms with E-state index >= 15 is 0 Å². The SMILES string of the molecule is Cc1noc(C)c1CCCNC(=O)Nc1ccc(OCc2ccco2)cc1. The Kier molecular flexibility index (Phi) is 6.14. The van der Waals surface area contributed by atoms with E-state index in [1.807, 2.05) is 26.0 Å². The fraction of sp³-hybridized carbons (Fsp3) is 0.300. The number of furan rings is 1. The summed E-state index contributed by atoms with van der Waals surface area (Å²) in [6, 6.07) is 10.6. The molecule has 0 aliphatic heterocycles. The Bertz CT molecular complexity index is 834. The van der Waals surface area contributed by atoms with Crippen molar-refractivity contribution in [3.8, 4) is 5.75 Å². The number of nitrogens with one attached hydrogen (secondary N) is 2. The van der Waals surface area contributed by atoms with E-state index in [0.29, 0.717) is 24.6 Å². The van der Waals surface area contributed by atoms with Gasteiger partial charge < -0.3 is 24.3 Å². The average Bonchev–Trinajstić information content (AvgIpc) is 3.29. The number of anilines is 1. The van der Waals surface area contributed by atoms with Gasteiger partial charge in [-0.25, -0.2) is 4.79 Å². The molecule has 0 aliphatic carbocycles. The van der Waals surface area contributed by atoms with Gasteiger partial charge in [0.25, 0.3) is 0 Å². The van der Waals surface area contributed by atoms with E-state index in [4.69, 9.17) is 13.7 Å². The van der Waals surface area contributed by atoms with Crippen LogP contribution in [0.4, 0.5) is 10.5 Å². The van der Waals surface area contributed by atoms with Crippen molar-refractivity contribution in [3.05, 3.63) is 65.4 Å². The molecule has 2 N–H and O–H groups in total. The summed E-state index contributed by atoms with van der Waals surface area (Å²) in [7, 11) is 0. The summed E-state index contributed by atoms with van der Waals surface area (Å²) in [4.78, 5) is 12.0. The van der Waals surface area contributed by atoms with Crippen LogP contribution in [0, 0.1) is 13.8 Å². The van der Waals surface area contributed by atoms with Crippen molar-refractivity contribution in [1.82, 2.24) is 10.5 Å². The van der Waals surface area contributed by atoms with Crippen molar-refractivity contribution >= 4 is 11.7 Å². The monoisotopic (exact) mass is 369 g/mol. The van der Waals surface area contributed by atoms with E-state index in [2.05, 4.69) is 15.8 Å². The molecule has 0 aliphatic rings. The largest absolute Gasteiger partial charge is 0.486 e. The van der Waals surface area contributed by atoms with Crippen LogP contribution in [0.1, 0.15) is 29.2 Å². The highest BCUT2D eigenvalue weighted by molar-refractivity contribution is 5.89. The van der Waals surface area contributed by atoms with Crippen LogP contribution in [0.3, 0.4) is 0 Å². The Hall–Kier alpha value is -3.22. The van der Waals surface area contributed by atoms with Crippen LogP contribution in [0.2, 0.25) is 0 Å². The van der Waals surface area contributed by atoms with Crippen LogP contribution in [0.15, 0.2) is 51.6 Å². The van der Waals surface area contributed by atoms with Crippen LogP contribution in [0.5, 0.6) is 5.75 Å². The van der Waals surface area contributed by atoms with Gasteiger partial charge in [0, 0.05) is 17.8 Å². The van der Waals surface area contributed by atoms with Gasteiger partial charge in [-0.05, 0) is 63.1 Å². The lowest BCUT2D eigenvalue weighted by Gasteiger charge is -2.09. The maximum atomic E-state index is 12.0. The molecular formula is C20H23N3O4. The average molecular weight is 369 g/mol. The molecule has 3 rings (SSSR count). The minimum atomic E-state index is -0.238. The topological polar surface area (TPSA) is 89.5 Å². The molecule has 142 valence electrons. The summed E-state index contributed by atoms with van der Waals surface area (Å²) in [5.41, 5.74) is 2.72. The standard InChI is InChI=1S/C20H23N3O4/c1-14-19(15(2)27-23-14)6-3-11-21-20(24)22-16-7-9-17(10-8-16)26-13-18-5-4-12-25-18/h4-5,7-10,12H,3,6,11,13H2,1-2H3,(H2,21,22,24). The molecule has 0 atom stereocenters. The van der Waals surface area contributed by atoms with Gasteiger partial charge in [0.05, 0.1) is 12.0 Å². The third kappa shape index (κ3) is 5.37. The van der Waals surface area contributed by atoms with Crippen molar-refractivity contribution < 1.29 is 18.5 Å². The molecule has 0 unspecified atom stereocenters. The molecule has 0 saturated heterocycles. The summed E-state index contributed by atoms with van der Waals surface area (Å²) in [6.45, 7) is 4.76. The van der Waals surface area contributed by atoms with Gasteiger partial charge in [0.15, 0.2) is 0 Å². The van der Waals surface area contributed by atoms with Gasteiger partial charge in [0.2, 0.25) is 0 Å². The molecule has 1 aromatic carbocycles. The maximum Gasteiger partial charge on any atom is 0.319 e. The third-order valence-electron chi connectivity index (χ3n) is 4.14. The van der Waals surface area contributed by atoms with Crippen LogP contribution < -0.4 is 15.4 Å². The predicted molar refractivity (Wildman–Crippen MR) is 101 cm³/mol. The maximum absolute atomic E-state index is 12.0. The highest BCUT2D eigenvalue weighted by Crippen LogP contribution is 2.17. The molecule has 0 fully saturated rings. The number of urea groups is 1. The van der Waals surface area contributed by atoms with Crippen LogP contribution >= 0.6 is 0 Å². The second kappa shape index (κ2) is 8.93. The molecule has 27 heavy (non-hydrogen) atoms. The van der Waals surface area contributed by atoms with Gasteiger partial charge in [-0.15, -0.1) is 0 Å². The van der Waals surface area contributed by atoms with Gasteiger partial charge >= 0.3 is 6.03 Å². The quantitative estimate of drug-likeness (QED) is 0.580. The number of hydrogen-bond acceptors (Lipinski definition) is 5. The normalized spacial score (nSPS) is 10.6. The second-order valence-corrected chi connectivity index (χ2v) is 6.18. The Morgan fingerprint density at radius 1 is 1.19 bits per heavy atom. The number of amides is 2. The predicted octanol–water partition coefficient (Wildman–Crippen LogP) is 4.22. The van der Waals surface area contributed by atoms with Crippen molar-refractivity contribution in [2.45, 2.75) is 33.3 Å². The number of rotatable bonds is 8. The smallest absolute Gasteiger partial charge is 0.319 e. The van der Waals surface area contributed by atoms with E-state index in [0.717, 1.165) is 35.6 Å². The van der Waals surface area contributed by atoms with E-state index in [9.17, 15) is 4.79 Å². The number of aryl methyl sites for hydroxylation is 2. The zero-order valence-electron chi connectivity index (χ0n) is 15.5. The highest BCUT2D eigenvalue weighted by atomic mass is 16.5. The summed E-state index contributed by atoms with van der Waals surface area (Å²) < 4.78 is 16.0. The van der Waals surface area contributed by atoms with Crippen molar-refractivity contribution in [2.24, 2.45) is 0 Å². The number of hydrogen-bond donors (Lipinski definition) is 2. The molecule has 3 aromatic rings. The first-order valence-corrected chi connectivity index (χ1v) is 8.83. The van der Waals surface area contributed by atoms with Crippen molar-refractivity contribution in [2.75, 3.05) is 11.9 Å². The van der Waals surface area contributed by atoms with Crippen molar-refractivity contribution in [3.63, 3.8) is 0 Å². The molecule has 2 amide bonds. The Balaban J connectivity index is 1.37. The van der Waals surface area contributed by atoms with E-state index in [1.165, 1.54) is 0 Å².